The highest BCUT2D eigenvalue weighted by molar-refractivity contribution is 7.85. The molecule has 0 aromatic heterocycles. The fraction of sp³-hybridized carbons (Fsp3) is 0.188. The van der Waals surface area contributed by atoms with Gasteiger partial charge in [-0.15, -0.1) is 0 Å². The minimum absolute atomic E-state index is 0.104. The summed E-state index contributed by atoms with van der Waals surface area (Å²) in [5.41, 5.74) is -3.70. The van der Waals surface area contributed by atoms with Gasteiger partial charge in [0.2, 0.25) is 5.60 Å². The third kappa shape index (κ3) is 4.20. The Morgan fingerprint density at radius 1 is 1.12 bits per heavy atom. The van der Waals surface area contributed by atoms with Crippen LogP contribution in [0.3, 0.4) is 0 Å². The zero-order chi connectivity index (χ0) is 18.8. The van der Waals surface area contributed by atoms with Gasteiger partial charge in [-0.1, -0.05) is 29.8 Å². The lowest BCUT2D eigenvalue weighted by Gasteiger charge is -2.25. The zero-order valence-corrected chi connectivity index (χ0v) is 14.4. The summed E-state index contributed by atoms with van der Waals surface area (Å²) in [4.78, 5) is 12.5. The van der Waals surface area contributed by atoms with Crippen LogP contribution in [-0.2, 0) is 15.6 Å². The number of amides is 1. The van der Waals surface area contributed by atoms with Crippen molar-refractivity contribution >= 4 is 34.0 Å². The van der Waals surface area contributed by atoms with Gasteiger partial charge in [0.15, 0.2) is 0 Å². The number of carbonyl (C=O) groups excluding carboxylic acids is 1. The summed E-state index contributed by atoms with van der Waals surface area (Å²) in [7, 11) is -1.54. The second kappa shape index (κ2) is 7.15. The van der Waals surface area contributed by atoms with Gasteiger partial charge < -0.3 is 10.4 Å². The molecule has 0 aliphatic rings. The molecule has 2 aromatic carbocycles. The van der Waals surface area contributed by atoms with Crippen LogP contribution in [-0.4, -0.2) is 27.0 Å². The molecule has 0 spiro atoms. The van der Waals surface area contributed by atoms with Gasteiger partial charge in [-0.25, -0.2) is 4.21 Å². The molecular weight excluding hydrogens is 379 g/mol. The molecule has 4 nitrogen and oxygen atoms in total. The Hall–Kier alpha value is -1.90. The molecule has 0 heterocycles. The quantitative estimate of drug-likeness (QED) is 0.834. The van der Waals surface area contributed by atoms with Crippen molar-refractivity contribution in [2.45, 2.75) is 28.5 Å². The molecule has 0 aliphatic carbocycles. The summed E-state index contributed by atoms with van der Waals surface area (Å²) in [5, 5.41) is 11.2. The minimum atomic E-state index is -5.14. The van der Waals surface area contributed by atoms with Crippen LogP contribution in [0.15, 0.2) is 58.3 Å². The van der Waals surface area contributed by atoms with Gasteiger partial charge in [-0.2, -0.15) is 13.2 Å². The van der Waals surface area contributed by atoms with Crippen molar-refractivity contribution in [3.63, 3.8) is 0 Å². The zero-order valence-electron chi connectivity index (χ0n) is 12.8. The van der Waals surface area contributed by atoms with Crippen molar-refractivity contribution in [1.82, 2.24) is 0 Å². The molecule has 2 rings (SSSR count). The lowest BCUT2D eigenvalue weighted by molar-refractivity contribution is -0.242. The smallest absolute Gasteiger partial charge is 0.373 e. The van der Waals surface area contributed by atoms with Gasteiger partial charge in [0.1, 0.15) is 0 Å². The van der Waals surface area contributed by atoms with Crippen molar-refractivity contribution < 1.29 is 27.3 Å². The standard InChI is InChI=1S/C16H13ClF3NO3S/c1-15(23,16(18,19)20)14(22)21-13-8-7-11(9-12(13)17)25(24)10-5-3-2-4-6-10/h2-9,23H,1H3,(H,21,22)/t15-,25?/m1/s1. The van der Waals surface area contributed by atoms with E-state index in [1.807, 2.05) is 5.32 Å². The summed E-state index contributed by atoms with van der Waals surface area (Å²) < 4.78 is 50.4. The molecule has 0 radical (unpaired) electrons. The molecule has 2 atom stereocenters. The van der Waals surface area contributed by atoms with E-state index in [1.165, 1.54) is 18.2 Å². The van der Waals surface area contributed by atoms with Crippen molar-refractivity contribution in [2.75, 3.05) is 5.32 Å². The van der Waals surface area contributed by atoms with Crippen LogP contribution in [0.25, 0.3) is 0 Å². The number of carbonyl (C=O) groups is 1. The van der Waals surface area contributed by atoms with Gasteiger partial charge in [0.05, 0.1) is 21.5 Å². The molecule has 0 fully saturated rings. The van der Waals surface area contributed by atoms with Crippen molar-refractivity contribution in [3.8, 4) is 0 Å². The first-order chi connectivity index (χ1) is 11.5. The molecule has 2 N–H and O–H groups in total. The predicted octanol–water partition coefficient (Wildman–Crippen LogP) is 3.76. The number of rotatable bonds is 4. The molecule has 0 saturated carbocycles. The van der Waals surface area contributed by atoms with Crippen molar-refractivity contribution in [3.05, 3.63) is 53.6 Å². The van der Waals surface area contributed by atoms with E-state index in [1.54, 1.807) is 30.3 Å². The van der Waals surface area contributed by atoms with Crippen molar-refractivity contribution in [2.24, 2.45) is 0 Å². The van der Waals surface area contributed by atoms with E-state index in [-0.39, 0.29) is 10.7 Å². The Labute approximate surface area is 149 Å². The van der Waals surface area contributed by atoms with E-state index in [9.17, 15) is 27.3 Å². The van der Waals surface area contributed by atoms with Crippen LogP contribution in [0.1, 0.15) is 6.92 Å². The van der Waals surface area contributed by atoms with Gasteiger partial charge >= 0.3 is 6.18 Å². The highest BCUT2D eigenvalue weighted by Gasteiger charge is 2.55. The number of alkyl halides is 3. The van der Waals surface area contributed by atoms with Crippen LogP contribution in [0.5, 0.6) is 0 Å². The molecule has 25 heavy (non-hydrogen) atoms. The first-order valence-corrected chi connectivity index (χ1v) is 8.44. The van der Waals surface area contributed by atoms with Gasteiger partial charge in [-0.05, 0) is 37.3 Å². The third-order valence-corrected chi connectivity index (χ3v) is 5.05. The van der Waals surface area contributed by atoms with Gasteiger partial charge in [0.25, 0.3) is 5.91 Å². The average molecular weight is 392 g/mol. The van der Waals surface area contributed by atoms with E-state index in [4.69, 9.17) is 11.6 Å². The number of halogens is 4. The fourth-order valence-electron chi connectivity index (χ4n) is 1.77. The van der Waals surface area contributed by atoms with Crippen LogP contribution >= 0.6 is 11.6 Å². The summed E-state index contributed by atoms with van der Waals surface area (Å²) in [6.07, 6.45) is -5.14. The van der Waals surface area contributed by atoms with E-state index >= 15 is 0 Å². The number of hydrogen-bond acceptors (Lipinski definition) is 3. The predicted molar refractivity (Wildman–Crippen MR) is 87.9 cm³/mol. The Balaban J connectivity index is 2.23. The lowest BCUT2D eigenvalue weighted by Crippen LogP contribution is -2.52. The number of aliphatic hydroxyl groups is 1. The number of anilines is 1. The molecule has 134 valence electrons. The monoisotopic (exact) mass is 391 g/mol. The second-order valence-electron chi connectivity index (χ2n) is 5.25. The molecule has 1 amide bonds. The molecule has 0 bridgehead atoms. The Bertz CT molecular complexity index is 810. The van der Waals surface area contributed by atoms with Gasteiger partial charge in [0, 0.05) is 9.79 Å². The SMILES string of the molecule is C[C@@](O)(C(=O)Nc1ccc(S(=O)c2ccccc2)cc1Cl)C(F)(F)F. The number of benzene rings is 2. The highest BCUT2D eigenvalue weighted by atomic mass is 35.5. The molecule has 0 aliphatic heterocycles. The summed E-state index contributed by atoms with van der Waals surface area (Å²) in [5.74, 6) is -1.67. The van der Waals surface area contributed by atoms with Crippen LogP contribution < -0.4 is 5.32 Å². The minimum Gasteiger partial charge on any atom is -0.373 e. The van der Waals surface area contributed by atoms with E-state index in [0.717, 1.165) is 0 Å². The summed E-state index contributed by atoms with van der Waals surface area (Å²) in [6, 6.07) is 12.4. The van der Waals surface area contributed by atoms with Crippen LogP contribution in [0.2, 0.25) is 5.02 Å². The molecule has 9 heteroatoms. The molecular formula is C16H13ClF3NO3S. The first kappa shape index (κ1) is 19.4. The lowest BCUT2D eigenvalue weighted by atomic mass is 10.1. The molecule has 2 aromatic rings. The molecule has 1 unspecified atom stereocenters. The van der Waals surface area contributed by atoms with Crippen molar-refractivity contribution in [1.29, 1.82) is 0 Å². The largest absolute Gasteiger partial charge is 0.426 e. The van der Waals surface area contributed by atoms with E-state index in [2.05, 4.69) is 0 Å². The summed E-state index contributed by atoms with van der Waals surface area (Å²) in [6.45, 7) is 0.342. The number of hydrogen-bond donors (Lipinski definition) is 2. The Morgan fingerprint density at radius 3 is 2.24 bits per heavy atom. The normalized spacial score (nSPS) is 15.3. The molecule has 0 saturated heterocycles. The first-order valence-electron chi connectivity index (χ1n) is 6.91. The topological polar surface area (TPSA) is 66.4 Å². The maximum Gasteiger partial charge on any atom is 0.426 e. The Morgan fingerprint density at radius 2 is 1.72 bits per heavy atom. The maximum atomic E-state index is 12.7. The maximum absolute atomic E-state index is 12.7. The third-order valence-electron chi connectivity index (χ3n) is 3.35. The van der Waals surface area contributed by atoms with Crippen LogP contribution in [0.4, 0.5) is 18.9 Å². The van der Waals surface area contributed by atoms with E-state index < -0.39 is 28.5 Å². The highest BCUT2D eigenvalue weighted by Crippen LogP contribution is 2.33. The second-order valence-corrected chi connectivity index (χ2v) is 7.13. The Kier molecular flexibility index (Phi) is 5.55. The van der Waals surface area contributed by atoms with Gasteiger partial charge in [-0.3, -0.25) is 4.79 Å². The van der Waals surface area contributed by atoms with E-state index in [0.29, 0.717) is 16.7 Å². The summed E-state index contributed by atoms with van der Waals surface area (Å²) >= 11 is 5.96. The van der Waals surface area contributed by atoms with Crippen LogP contribution in [0, 0.1) is 0 Å². The fourth-order valence-corrected chi connectivity index (χ4v) is 3.15. The number of nitrogens with one attached hydrogen (secondary N) is 1. The average Bonchev–Trinajstić information content (AvgIpc) is 2.55.